The molecule has 2 heterocycles. The summed E-state index contributed by atoms with van der Waals surface area (Å²) in [6, 6.07) is 0.443. The molecular formula is C17H28N4OS. The normalized spacial score (nSPS) is 20.4. The Balaban J connectivity index is 1.43. The Labute approximate surface area is 143 Å². The summed E-state index contributed by atoms with van der Waals surface area (Å²) in [5.74, 6) is 2.11. The summed E-state index contributed by atoms with van der Waals surface area (Å²) in [7, 11) is 0. The average molecular weight is 337 g/mol. The first-order chi connectivity index (χ1) is 11.1. The molecule has 1 aromatic heterocycles. The van der Waals surface area contributed by atoms with Crippen molar-refractivity contribution in [1.29, 1.82) is 0 Å². The minimum Gasteiger partial charge on any atom is -0.353 e. The van der Waals surface area contributed by atoms with Crippen LogP contribution in [-0.4, -0.2) is 34.4 Å². The Kier molecular flexibility index (Phi) is 5.51. The Hall–Kier alpha value is -1.17. The van der Waals surface area contributed by atoms with Crippen molar-refractivity contribution in [3.8, 4) is 0 Å². The highest BCUT2D eigenvalue weighted by Crippen LogP contribution is 2.28. The van der Waals surface area contributed by atoms with E-state index in [-0.39, 0.29) is 5.91 Å². The van der Waals surface area contributed by atoms with Gasteiger partial charge in [-0.1, -0.05) is 26.7 Å². The van der Waals surface area contributed by atoms with E-state index in [0.29, 0.717) is 24.3 Å². The molecule has 2 aliphatic rings. The summed E-state index contributed by atoms with van der Waals surface area (Å²) in [6.07, 6.45) is 7.72. The molecule has 1 aliphatic heterocycles. The van der Waals surface area contributed by atoms with E-state index in [1.54, 1.807) is 0 Å². The number of carbonyl (C=O) groups is 1. The summed E-state index contributed by atoms with van der Waals surface area (Å²) in [4.78, 5) is 19.1. The van der Waals surface area contributed by atoms with Gasteiger partial charge in [0.2, 0.25) is 11.0 Å². The van der Waals surface area contributed by atoms with Crippen molar-refractivity contribution >= 4 is 22.6 Å². The lowest BCUT2D eigenvalue weighted by Gasteiger charge is -2.31. The lowest BCUT2D eigenvalue weighted by molar-refractivity contribution is -0.122. The zero-order valence-corrected chi connectivity index (χ0v) is 15.1. The molecule has 1 N–H and O–H groups in total. The van der Waals surface area contributed by atoms with Gasteiger partial charge in [-0.3, -0.25) is 4.79 Å². The fourth-order valence-electron chi connectivity index (χ4n) is 3.54. The minimum absolute atomic E-state index is 0.258. The fourth-order valence-corrected chi connectivity index (χ4v) is 4.40. The quantitative estimate of drug-likeness (QED) is 0.896. The van der Waals surface area contributed by atoms with Gasteiger partial charge in [0.1, 0.15) is 5.82 Å². The molecule has 0 unspecified atom stereocenters. The van der Waals surface area contributed by atoms with Crippen molar-refractivity contribution in [2.75, 3.05) is 18.0 Å². The van der Waals surface area contributed by atoms with Crippen molar-refractivity contribution in [3.63, 3.8) is 0 Å². The van der Waals surface area contributed by atoms with E-state index >= 15 is 0 Å². The minimum atomic E-state index is 0.258. The first-order valence-corrected chi connectivity index (χ1v) is 9.77. The van der Waals surface area contributed by atoms with Gasteiger partial charge in [0.15, 0.2) is 0 Å². The predicted molar refractivity (Wildman–Crippen MR) is 94.0 cm³/mol. The molecule has 6 heteroatoms. The van der Waals surface area contributed by atoms with Gasteiger partial charge in [-0.2, -0.15) is 4.37 Å². The van der Waals surface area contributed by atoms with Gasteiger partial charge in [0.25, 0.3) is 0 Å². The topological polar surface area (TPSA) is 58.1 Å². The van der Waals surface area contributed by atoms with E-state index in [2.05, 4.69) is 33.4 Å². The number of anilines is 1. The van der Waals surface area contributed by atoms with Crippen LogP contribution in [0.5, 0.6) is 0 Å². The number of nitrogens with zero attached hydrogens (tertiary/aromatic N) is 3. The highest BCUT2D eigenvalue weighted by molar-refractivity contribution is 7.09. The molecule has 1 aliphatic carbocycles. The van der Waals surface area contributed by atoms with E-state index in [9.17, 15) is 4.79 Å². The van der Waals surface area contributed by atoms with Crippen LogP contribution in [0.15, 0.2) is 0 Å². The van der Waals surface area contributed by atoms with Gasteiger partial charge in [-0.05, 0) is 31.6 Å². The molecule has 0 aromatic carbocycles. The third kappa shape index (κ3) is 4.43. The maximum atomic E-state index is 12.2. The van der Waals surface area contributed by atoms with Crippen molar-refractivity contribution in [3.05, 3.63) is 5.82 Å². The Morgan fingerprint density at radius 1 is 1.26 bits per heavy atom. The summed E-state index contributed by atoms with van der Waals surface area (Å²) in [5.41, 5.74) is 0. The van der Waals surface area contributed by atoms with Crippen molar-refractivity contribution < 1.29 is 4.79 Å². The largest absolute Gasteiger partial charge is 0.353 e. The second-order valence-corrected chi connectivity index (χ2v) is 8.00. The molecule has 1 saturated heterocycles. The monoisotopic (exact) mass is 336 g/mol. The number of aromatic nitrogens is 2. The summed E-state index contributed by atoms with van der Waals surface area (Å²) >= 11 is 1.51. The second kappa shape index (κ2) is 7.60. The maximum Gasteiger partial charge on any atom is 0.220 e. The van der Waals surface area contributed by atoms with Crippen LogP contribution in [0, 0.1) is 5.92 Å². The molecule has 0 bridgehead atoms. The summed E-state index contributed by atoms with van der Waals surface area (Å²) < 4.78 is 4.44. The van der Waals surface area contributed by atoms with Crippen LogP contribution < -0.4 is 10.2 Å². The average Bonchev–Trinajstić information content (AvgIpc) is 3.19. The number of hydrogen-bond acceptors (Lipinski definition) is 5. The molecule has 2 fully saturated rings. The van der Waals surface area contributed by atoms with Gasteiger partial charge >= 0.3 is 0 Å². The number of carbonyl (C=O) groups excluding carboxylic acids is 1. The van der Waals surface area contributed by atoms with Crippen LogP contribution in [0.2, 0.25) is 0 Å². The number of nitrogens with one attached hydrogen (secondary N) is 1. The lowest BCUT2D eigenvalue weighted by Crippen LogP contribution is -2.38. The van der Waals surface area contributed by atoms with Gasteiger partial charge in [0.05, 0.1) is 0 Å². The van der Waals surface area contributed by atoms with Gasteiger partial charge in [-0.25, -0.2) is 4.98 Å². The molecule has 128 valence electrons. The van der Waals surface area contributed by atoms with Crippen molar-refractivity contribution in [2.45, 2.75) is 70.8 Å². The molecule has 1 amide bonds. The first kappa shape index (κ1) is 16.7. The Morgan fingerprint density at radius 3 is 2.57 bits per heavy atom. The van der Waals surface area contributed by atoms with E-state index in [0.717, 1.165) is 36.9 Å². The van der Waals surface area contributed by atoms with Gasteiger partial charge in [0, 0.05) is 43.0 Å². The van der Waals surface area contributed by atoms with Crippen molar-refractivity contribution in [2.24, 2.45) is 5.92 Å². The Bertz CT molecular complexity index is 516. The number of hydrogen-bond donors (Lipinski definition) is 1. The fraction of sp³-hybridized carbons (Fsp3) is 0.824. The third-order valence-corrected chi connectivity index (χ3v) is 5.82. The van der Waals surface area contributed by atoms with Crippen LogP contribution in [0.3, 0.4) is 0 Å². The summed E-state index contributed by atoms with van der Waals surface area (Å²) in [6.45, 7) is 6.24. The smallest absolute Gasteiger partial charge is 0.220 e. The second-order valence-electron chi connectivity index (χ2n) is 7.27. The molecule has 0 spiro atoms. The van der Waals surface area contributed by atoms with Crippen LogP contribution in [-0.2, 0) is 4.79 Å². The number of rotatable bonds is 5. The molecule has 0 radical (unpaired) electrons. The molecular weight excluding hydrogens is 308 g/mol. The summed E-state index contributed by atoms with van der Waals surface area (Å²) in [5, 5.41) is 4.26. The zero-order valence-electron chi connectivity index (χ0n) is 14.3. The SMILES string of the molecule is CC(C)c1nsc(N2CCC(CC(=O)NC3CCCC3)CC2)n1. The lowest BCUT2D eigenvalue weighted by atomic mass is 9.93. The van der Waals surface area contributed by atoms with Crippen LogP contribution in [0.4, 0.5) is 5.13 Å². The Morgan fingerprint density at radius 2 is 1.96 bits per heavy atom. The van der Waals surface area contributed by atoms with E-state index in [4.69, 9.17) is 0 Å². The molecule has 1 saturated carbocycles. The van der Waals surface area contributed by atoms with Gasteiger partial charge in [-0.15, -0.1) is 0 Å². The highest BCUT2D eigenvalue weighted by atomic mass is 32.1. The van der Waals surface area contributed by atoms with E-state index in [1.807, 2.05) is 0 Å². The standard InChI is InChI=1S/C17H28N4OS/c1-12(2)16-19-17(23-20-16)21-9-7-13(8-10-21)11-15(22)18-14-5-3-4-6-14/h12-14H,3-11H2,1-2H3,(H,18,22). The number of amides is 1. The van der Waals surface area contributed by atoms with E-state index in [1.165, 1.54) is 37.2 Å². The van der Waals surface area contributed by atoms with Crippen LogP contribution in [0.1, 0.15) is 70.5 Å². The molecule has 0 atom stereocenters. The van der Waals surface area contributed by atoms with Gasteiger partial charge < -0.3 is 10.2 Å². The zero-order chi connectivity index (χ0) is 16.2. The van der Waals surface area contributed by atoms with E-state index < -0.39 is 0 Å². The molecule has 1 aromatic rings. The molecule has 3 rings (SSSR count). The molecule has 5 nitrogen and oxygen atoms in total. The van der Waals surface area contributed by atoms with Crippen molar-refractivity contribution in [1.82, 2.24) is 14.7 Å². The first-order valence-electron chi connectivity index (χ1n) is 8.99. The highest BCUT2D eigenvalue weighted by Gasteiger charge is 2.25. The number of piperidine rings is 1. The van der Waals surface area contributed by atoms with Crippen LogP contribution in [0.25, 0.3) is 0 Å². The third-order valence-electron chi connectivity index (χ3n) is 5.03. The predicted octanol–water partition coefficient (Wildman–Crippen LogP) is 3.33. The maximum absolute atomic E-state index is 12.2. The molecule has 23 heavy (non-hydrogen) atoms. The van der Waals surface area contributed by atoms with Crippen LogP contribution >= 0.6 is 11.5 Å².